The first-order valence-corrected chi connectivity index (χ1v) is 9.82. The molecule has 27 heavy (non-hydrogen) atoms. The Morgan fingerprint density at radius 2 is 1.63 bits per heavy atom. The van der Waals surface area contributed by atoms with Crippen LogP contribution in [-0.2, 0) is 19.1 Å². The van der Waals surface area contributed by atoms with E-state index in [0.717, 1.165) is 18.8 Å². The van der Waals surface area contributed by atoms with E-state index in [-0.39, 0.29) is 17.8 Å². The SMILES string of the molecule is CC(=O)Nc1ccc(NC(=O)[C@H](C)OC(=O)CCCC2CCCCC2)cc1. The summed E-state index contributed by atoms with van der Waals surface area (Å²) in [6.45, 7) is 3.00. The van der Waals surface area contributed by atoms with Crippen LogP contribution in [0.5, 0.6) is 0 Å². The van der Waals surface area contributed by atoms with Gasteiger partial charge in [0, 0.05) is 24.7 Å². The van der Waals surface area contributed by atoms with Crippen molar-refractivity contribution < 1.29 is 19.1 Å². The lowest BCUT2D eigenvalue weighted by atomic mass is 9.86. The first-order valence-electron chi connectivity index (χ1n) is 9.82. The summed E-state index contributed by atoms with van der Waals surface area (Å²) >= 11 is 0. The molecule has 2 rings (SSSR count). The van der Waals surface area contributed by atoms with Crippen molar-refractivity contribution in [2.24, 2.45) is 5.92 Å². The van der Waals surface area contributed by atoms with Crippen molar-refractivity contribution in [3.8, 4) is 0 Å². The highest BCUT2D eigenvalue weighted by Gasteiger charge is 2.19. The molecular weight excluding hydrogens is 344 g/mol. The first-order chi connectivity index (χ1) is 12.9. The van der Waals surface area contributed by atoms with Gasteiger partial charge in [0.25, 0.3) is 5.91 Å². The number of benzene rings is 1. The normalized spacial score (nSPS) is 15.6. The summed E-state index contributed by atoms with van der Waals surface area (Å²) in [7, 11) is 0. The fourth-order valence-corrected chi connectivity index (χ4v) is 3.40. The molecule has 2 N–H and O–H groups in total. The van der Waals surface area contributed by atoms with Crippen LogP contribution in [0, 0.1) is 5.92 Å². The van der Waals surface area contributed by atoms with Crippen molar-refractivity contribution in [3.63, 3.8) is 0 Å². The van der Waals surface area contributed by atoms with Gasteiger partial charge in [0.2, 0.25) is 5.91 Å². The number of nitrogens with one attached hydrogen (secondary N) is 2. The van der Waals surface area contributed by atoms with Crippen LogP contribution in [0.25, 0.3) is 0 Å². The lowest BCUT2D eigenvalue weighted by Gasteiger charge is -2.21. The molecule has 6 nitrogen and oxygen atoms in total. The minimum atomic E-state index is -0.845. The molecule has 1 aliphatic rings. The van der Waals surface area contributed by atoms with Gasteiger partial charge in [-0.3, -0.25) is 14.4 Å². The van der Waals surface area contributed by atoms with Crippen LogP contribution in [0.15, 0.2) is 24.3 Å². The van der Waals surface area contributed by atoms with Crippen molar-refractivity contribution in [2.45, 2.75) is 71.3 Å². The topological polar surface area (TPSA) is 84.5 Å². The first kappa shape index (κ1) is 20.9. The van der Waals surface area contributed by atoms with Crippen LogP contribution in [0.4, 0.5) is 11.4 Å². The molecule has 1 aromatic carbocycles. The second-order valence-electron chi connectivity index (χ2n) is 7.28. The number of anilines is 2. The van der Waals surface area contributed by atoms with Gasteiger partial charge in [0.15, 0.2) is 6.10 Å². The Bertz CT molecular complexity index is 636. The molecule has 148 valence electrons. The zero-order chi connectivity index (χ0) is 19.6. The Balaban J connectivity index is 1.69. The molecule has 0 saturated heterocycles. The van der Waals surface area contributed by atoms with Crippen LogP contribution < -0.4 is 10.6 Å². The maximum atomic E-state index is 12.2. The standard InChI is InChI=1S/C21H30N2O4/c1-15(27-20(25)10-6-9-17-7-4-3-5-8-17)21(26)23-19-13-11-18(12-14-19)22-16(2)24/h11-15,17H,3-10H2,1-2H3,(H,22,24)(H,23,26)/t15-/m0/s1. The molecule has 1 saturated carbocycles. The highest BCUT2D eigenvalue weighted by molar-refractivity contribution is 5.95. The predicted octanol–water partition coefficient (Wildman–Crippen LogP) is 4.27. The van der Waals surface area contributed by atoms with E-state index in [0.29, 0.717) is 17.8 Å². The average Bonchev–Trinajstić information content (AvgIpc) is 2.63. The molecule has 1 aliphatic carbocycles. The summed E-state index contributed by atoms with van der Waals surface area (Å²) in [5, 5.41) is 5.36. The molecule has 0 aromatic heterocycles. The molecule has 1 aromatic rings. The van der Waals surface area contributed by atoms with E-state index in [2.05, 4.69) is 10.6 Å². The van der Waals surface area contributed by atoms with Gasteiger partial charge in [-0.25, -0.2) is 0 Å². The van der Waals surface area contributed by atoms with E-state index in [1.807, 2.05) is 0 Å². The predicted molar refractivity (Wildman–Crippen MR) is 105 cm³/mol. The third-order valence-electron chi connectivity index (χ3n) is 4.87. The van der Waals surface area contributed by atoms with Gasteiger partial charge in [-0.2, -0.15) is 0 Å². The second-order valence-corrected chi connectivity index (χ2v) is 7.28. The van der Waals surface area contributed by atoms with Crippen molar-refractivity contribution in [3.05, 3.63) is 24.3 Å². The lowest BCUT2D eigenvalue weighted by Crippen LogP contribution is -2.29. The number of hydrogen-bond acceptors (Lipinski definition) is 4. The average molecular weight is 374 g/mol. The molecule has 0 radical (unpaired) electrons. The van der Waals surface area contributed by atoms with Gasteiger partial charge in [-0.1, -0.05) is 32.1 Å². The molecule has 6 heteroatoms. The van der Waals surface area contributed by atoms with Gasteiger partial charge in [-0.15, -0.1) is 0 Å². The van der Waals surface area contributed by atoms with Gasteiger partial charge >= 0.3 is 5.97 Å². The fourth-order valence-electron chi connectivity index (χ4n) is 3.40. The van der Waals surface area contributed by atoms with E-state index >= 15 is 0 Å². The maximum Gasteiger partial charge on any atom is 0.306 e. The molecular formula is C21H30N2O4. The zero-order valence-electron chi connectivity index (χ0n) is 16.3. The van der Waals surface area contributed by atoms with Crippen molar-refractivity contribution in [1.29, 1.82) is 0 Å². The lowest BCUT2D eigenvalue weighted by molar-refractivity contribution is -0.153. The van der Waals surface area contributed by atoms with Crippen LogP contribution in [-0.4, -0.2) is 23.9 Å². The largest absolute Gasteiger partial charge is 0.453 e. The van der Waals surface area contributed by atoms with Gasteiger partial charge in [0.05, 0.1) is 0 Å². The van der Waals surface area contributed by atoms with E-state index < -0.39 is 6.10 Å². The number of hydrogen-bond donors (Lipinski definition) is 2. The Kier molecular flexibility index (Phi) is 8.30. The Labute approximate surface area is 161 Å². The molecule has 0 unspecified atom stereocenters. The number of rotatable bonds is 8. The second kappa shape index (κ2) is 10.7. The molecule has 0 spiro atoms. The quantitative estimate of drug-likeness (QED) is 0.666. The fraction of sp³-hybridized carbons (Fsp3) is 0.571. The number of ether oxygens (including phenoxy) is 1. The van der Waals surface area contributed by atoms with E-state index in [1.165, 1.54) is 39.0 Å². The third-order valence-corrected chi connectivity index (χ3v) is 4.87. The zero-order valence-corrected chi connectivity index (χ0v) is 16.3. The minimum absolute atomic E-state index is 0.157. The summed E-state index contributed by atoms with van der Waals surface area (Å²) in [6.07, 6.45) is 7.89. The van der Waals surface area contributed by atoms with Crippen LogP contribution in [0.1, 0.15) is 65.2 Å². The summed E-state index contributed by atoms with van der Waals surface area (Å²) in [5.74, 6) is -0.110. The summed E-state index contributed by atoms with van der Waals surface area (Å²) in [4.78, 5) is 35.1. The molecule has 1 atom stereocenters. The van der Waals surface area contributed by atoms with Crippen molar-refractivity contribution in [2.75, 3.05) is 10.6 Å². The summed E-state index contributed by atoms with van der Waals surface area (Å²) < 4.78 is 5.24. The molecule has 0 heterocycles. The Morgan fingerprint density at radius 3 is 2.22 bits per heavy atom. The van der Waals surface area contributed by atoms with Gasteiger partial charge in [-0.05, 0) is 49.9 Å². The number of amides is 2. The number of carbonyl (C=O) groups is 3. The molecule has 0 bridgehead atoms. The van der Waals surface area contributed by atoms with Crippen molar-refractivity contribution >= 4 is 29.2 Å². The molecule has 1 fully saturated rings. The smallest absolute Gasteiger partial charge is 0.306 e. The molecule has 0 aliphatic heterocycles. The molecule has 2 amide bonds. The van der Waals surface area contributed by atoms with Gasteiger partial charge in [0.1, 0.15) is 0 Å². The summed E-state index contributed by atoms with van der Waals surface area (Å²) in [6, 6.07) is 6.75. The van der Waals surface area contributed by atoms with Crippen LogP contribution in [0.2, 0.25) is 0 Å². The Hall–Kier alpha value is -2.37. The van der Waals surface area contributed by atoms with E-state index in [9.17, 15) is 14.4 Å². The van der Waals surface area contributed by atoms with Crippen LogP contribution >= 0.6 is 0 Å². The number of esters is 1. The van der Waals surface area contributed by atoms with Crippen molar-refractivity contribution in [1.82, 2.24) is 0 Å². The number of carbonyl (C=O) groups excluding carboxylic acids is 3. The summed E-state index contributed by atoms with van der Waals surface area (Å²) in [5.41, 5.74) is 1.23. The maximum absolute atomic E-state index is 12.2. The highest BCUT2D eigenvalue weighted by atomic mass is 16.5. The van der Waals surface area contributed by atoms with E-state index in [1.54, 1.807) is 31.2 Å². The monoisotopic (exact) mass is 374 g/mol. The van der Waals surface area contributed by atoms with E-state index in [4.69, 9.17) is 4.74 Å². The minimum Gasteiger partial charge on any atom is -0.453 e. The van der Waals surface area contributed by atoms with Gasteiger partial charge < -0.3 is 15.4 Å². The highest BCUT2D eigenvalue weighted by Crippen LogP contribution is 2.27. The third kappa shape index (κ3) is 7.81. The Morgan fingerprint density at radius 1 is 1.04 bits per heavy atom. The van der Waals surface area contributed by atoms with Crippen LogP contribution in [0.3, 0.4) is 0 Å².